The van der Waals surface area contributed by atoms with E-state index in [9.17, 15) is 0 Å². The predicted octanol–water partition coefficient (Wildman–Crippen LogP) is 3.97. The van der Waals surface area contributed by atoms with Gasteiger partial charge in [-0.3, -0.25) is 0 Å². The molecule has 108 valence electrons. The van der Waals surface area contributed by atoms with Crippen LogP contribution in [0.4, 0.5) is 0 Å². The van der Waals surface area contributed by atoms with Crippen LogP contribution in [-0.4, -0.2) is 12.2 Å². The van der Waals surface area contributed by atoms with E-state index in [4.69, 9.17) is 9.47 Å². The van der Waals surface area contributed by atoms with E-state index in [0.29, 0.717) is 19.1 Å². The van der Waals surface area contributed by atoms with Crippen LogP contribution in [0.25, 0.3) is 0 Å². The van der Waals surface area contributed by atoms with Crippen molar-refractivity contribution in [1.29, 1.82) is 0 Å². The molecule has 0 N–H and O–H groups in total. The molecule has 1 saturated carbocycles. The van der Waals surface area contributed by atoms with Crippen molar-refractivity contribution in [2.24, 2.45) is 5.92 Å². The molecule has 2 heteroatoms. The molecule has 0 amide bonds. The number of benzene rings is 2. The van der Waals surface area contributed by atoms with Crippen molar-refractivity contribution in [3.63, 3.8) is 0 Å². The van der Waals surface area contributed by atoms with Gasteiger partial charge >= 0.3 is 0 Å². The molecule has 21 heavy (non-hydrogen) atoms. The van der Waals surface area contributed by atoms with Crippen molar-refractivity contribution in [2.75, 3.05) is 0 Å². The highest BCUT2D eigenvalue weighted by atomic mass is 16.6. The summed E-state index contributed by atoms with van der Waals surface area (Å²) < 4.78 is 11.9. The van der Waals surface area contributed by atoms with Crippen LogP contribution in [0.5, 0.6) is 0 Å². The van der Waals surface area contributed by atoms with Crippen LogP contribution < -0.4 is 0 Å². The molecule has 2 aromatic carbocycles. The van der Waals surface area contributed by atoms with Crippen LogP contribution >= 0.6 is 0 Å². The van der Waals surface area contributed by atoms with Gasteiger partial charge in [0.25, 0.3) is 0 Å². The van der Waals surface area contributed by atoms with E-state index >= 15 is 0 Å². The number of ether oxygens (including phenoxy) is 2. The maximum Gasteiger partial charge on any atom is 0.0936 e. The molecule has 0 heterocycles. The topological polar surface area (TPSA) is 18.5 Å². The molecule has 1 fully saturated rings. The van der Waals surface area contributed by atoms with Gasteiger partial charge in [0, 0.05) is 5.92 Å². The number of rotatable bonds is 7. The number of hydrogen-bond acceptors (Lipinski definition) is 2. The van der Waals surface area contributed by atoms with Gasteiger partial charge in [-0.1, -0.05) is 66.7 Å². The van der Waals surface area contributed by atoms with Gasteiger partial charge in [0.1, 0.15) is 0 Å². The summed E-state index contributed by atoms with van der Waals surface area (Å²) in [5, 5.41) is 0. The van der Waals surface area contributed by atoms with Crippen LogP contribution in [0.1, 0.15) is 11.1 Å². The highest BCUT2D eigenvalue weighted by molar-refractivity contribution is 5.16. The lowest BCUT2D eigenvalue weighted by Crippen LogP contribution is -2.04. The molecule has 3 rings (SSSR count). The first-order chi connectivity index (χ1) is 10.4. The van der Waals surface area contributed by atoms with Crippen molar-refractivity contribution in [1.82, 2.24) is 0 Å². The van der Waals surface area contributed by atoms with E-state index in [1.165, 1.54) is 11.1 Å². The molecule has 1 aliphatic carbocycles. The third-order valence-corrected chi connectivity index (χ3v) is 3.78. The molecule has 2 unspecified atom stereocenters. The van der Waals surface area contributed by atoms with Gasteiger partial charge < -0.3 is 9.47 Å². The molecule has 0 aromatic heterocycles. The van der Waals surface area contributed by atoms with Gasteiger partial charge in [-0.2, -0.15) is 0 Å². The largest absolute Gasteiger partial charge is 0.370 e. The first-order valence-corrected chi connectivity index (χ1v) is 7.32. The van der Waals surface area contributed by atoms with Gasteiger partial charge in [0.2, 0.25) is 0 Å². The molecule has 1 aliphatic rings. The fourth-order valence-electron chi connectivity index (χ4n) is 2.49. The predicted molar refractivity (Wildman–Crippen MR) is 83.7 cm³/mol. The second-order valence-electron chi connectivity index (χ2n) is 5.34. The molecule has 0 bridgehead atoms. The van der Waals surface area contributed by atoms with Crippen LogP contribution in [0, 0.1) is 5.92 Å². The van der Waals surface area contributed by atoms with E-state index in [1.54, 1.807) is 0 Å². The Morgan fingerprint density at radius 2 is 1.19 bits per heavy atom. The minimum atomic E-state index is 0.131. The third kappa shape index (κ3) is 3.60. The van der Waals surface area contributed by atoms with E-state index in [-0.39, 0.29) is 12.2 Å². The second-order valence-corrected chi connectivity index (χ2v) is 5.34. The molecular formula is C19H20O2. The maximum atomic E-state index is 5.95. The van der Waals surface area contributed by atoms with Crippen molar-refractivity contribution < 1.29 is 9.47 Å². The normalized spacial score (nSPS) is 23.7. The molecule has 2 atom stereocenters. The molecule has 2 nitrogen and oxygen atoms in total. The summed E-state index contributed by atoms with van der Waals surface area (Å²) in [6, 6.07) is 20.4. The standard InChI is InChI=1S/C19H20O2/c1-2-17-18(20-13-15-9-5-3-6-10-15)19(17)21-14-16-11-7-4-8-12-16/h2-12,17-19H,1,13-14H2. The first-order valence-electron chi connectivity index (χ1n) is 7.32. The Morgan fingerprint density at radius 1 is 0.762 bits per heavy atom. The summed E-state index contributed by atoms with van der Waals surface area (Å²) >= 11 is 0. The summed E-state index contributed by atoms with van der Waals surface area (Å²) in [6.45, 7) is 5.13. The molecule has 2 aromatic rings. The van der Waals surface area contributed by atoms with Crippen molar-refractivity contribution >= 4 is 0 Å². The summed E-state index contributed by atoms with van der Waals surface area (Å²) in [5.41, 5.74) is 2.38. The van der Waals surface area contributed by atoms with E-state index in [0.717, 1.165) is 0 Å². The van der Waals surface area contributed by atoms with Crippen molar-refractivity contribution in [3.8, 4) is 0 Å². The summed E-state index contributed by atoms with van der Waals surface area (Å²) in [7, 11) is 0. The zero-order valence-corrected chi connectivity index (χ0v) is 12.0. The number of hydrogen-bond donors (Lipinski definition) is 0. The zero-order chi connectivity index (χ0) is 14.5. The van der Waals surface area contributed by atoms with Crippen LogP contribution in [-0.2, 0) is 22.7 Å². The SMILES string of the molecule is C=CC1C(OCc2ccccc2)C1OCc1ccccc1. The smallest absolute Gasteiger partial charge is 0.0936 e. The second kappa shape index (κ2) is 6.70. The summed E-state index contributed by atoms with van der Waals surface area (Å²) in [5.74, 6) is 0.303. The Morgan fingerprint density at radius 3 is 1.57 bits per heavy atom. The Kier molecular flexibility index (Phi) is 4.49. The molecule has 0 radical (unpaired) electrons. The third-order valence-electron chi connectivity index (χ3n) is 3.78. The first kappa shape index (κ1) is 14.1. The Labute approximate surface area is 126 Å². The lowest BCUT2D eigenvalue weighted by atomic mass is 10.2. The average Bonchev–Trinajstić information content (AvgIpc) is 3.25. The van der Waals surface area contributed by atoms with Crippen LogP contribution in [0.15, 0.2) is 73.3 Å². The van der Waals surface area contributed by atoms with Crippen molar-refractivity contribution in [2.45, 2.75) is 25.4 Å². The highest BCUT2D eigenvalue weighted by Gasteiger charge is 2.50. The van der Waals surface area contributed by atoms with E-state index in [1.807, 2.05) is 42.5 Å². The van der Waals surface area contributed by atoms with Crippen LogP contribution in [0.3, 0.4) is 0 Å². The van der Waals surface area contributed by atoms with Gasteiger partial charge in [-0.25, -0.2) is 0 Å². The van der Waals surface area contributed by atoms with E-state index in [2.05, 4.69) is 30.8 Å². The zero-order valence-electron chi connectivity index (χ0n) is 12.0. The maximum absolute atomic E-state index is 5.95. The van der Waals surface area contributed by atoms with Gasteiger partial charge in [0.15, 0.2) is 0 Å². The summed E-state index contributed by atoms with van der Waals surface area (Å²) in [4.78, 5) is 0. The van der Waals surface area contributed by atoms with Gasteiger partial charge in [-0.05, 0) is 11.1 Å². The lowest BCUT2D eigenvalue weighted by molar-refractivity contribution is 0.0291. The average molecular weight is 280 g/mol. The molecule has 0 saturated heterocycles. The Balaban J connectivity index is 1.49. The lowest BCUT2D eigenvalue weighted by Gasteiger charge is -2.05. The van der Waals surface area contributed by atoms with Crippen molar-refractivity contribution in [3.05, 3.63) is 84.4 Å². The fraction of sp³-hybridized carbons (Fsp3) is 0.263. The Bertz CT molecular complexity index is 515. The monoisotopic (exact) mass is 280 g/mol. The molecule has 0 spiro atoms. The molecule has 0 aliphatic heterocycles. The minimum absolute atomic E-state index is 0.131. The summed E-state index contributed by atoms with van der Waals surface area (Å²) in [6.07, 6.45) is 2.20. The van der Waals surface area contributed by atoms with Gasteiger partial charge in [0.05, 0.1) is 25.4 Å². The Hall–Kier alpha value is -1.90. The quantitative estimate of drug-likeness (QED) is 0.714. The van der Waals surface area contributed by atoms with E-state index < -0.39 is 0 Å². The minimum Gasteiger partial charge on any atom is -0.370 e. The van der Waals surface area contributed by atoms with Gasteiger partial charge in [-0.15, -0.1) is 6.58 Å². The molecular weight excluding hydrogens is 260 g/mol. The fourth-order valence-corrected chi connectivity index (χ4v) is 2.49. The highest BCUT2D eigenvalue weighted by Crippen LogP contribution is 2.39. The van der Waals surface area contributed by atoms with Crippen LogP contribution in [0.2, 0.25) is 0 Å².